The summed E-state index contributed by atoms with van der Waals surface area (Å²) in [6.45, 7) is 4.48. The largest absolute Gasteiger partial charge is 0.491 e. The number of aliphatic hydroxyl groups is 2. The van der Waals surface area contributed by atoms with Gasteiger partial charge in [-0.3, -0.25) is 4.90 Å². The molecule has 1 fully saturated rings. The molecule has 3 aromatic rings. The molecule has 3 atom stereocenters. The zero-order valence-electron chi connectivity index (χ0n) is 20.0. The third-order valence-corrected chi connectivity index (χ3v) is 6.85. The van der Waals surface area contributed by atoms with Gasteiger partial charge < -0.3 is 19.8 Å². The highest BCUT2D eigenvalue weighted by molar-refractivity contribution is 6.33. The van der Waals surface area contributed by atoms with Crippen LogP contribution in [-0.4, -0.2) is 54.0 Å². The second-order valence-electron chi connectivity index (χ2n) is 9.04. The van der Waals surface area contributed by atoms with E-state index in [4.69, 9.17) is 33.2 Å². The number of halogens is 2. The van der Waals surface area contributed by atoms with E-state index in [1.54, 1.807) is 37.3 Å². The SMILES string of the molecule is CC(O)COc1ccc(N2CCN(C[C@@H](O)c3ccc(C#N)cc3)C[C@H]2c2ccc(Cl)cc2)c(Cl)c1. The van der Waals surface area contributed by atoms with Gasteiger partial charge in [0.2, 0.25) is 0 Å². The third-order valence-electron chi connectivity index (χ3n) is 6.29. The van der Waals surface area contributed by atoms with Crippen LogP contribution in [0.5, 0.6) is 5.75 Å². The average Bonchev–Trinajstić information content (AvgIpc) is 2.88. The van der Waals surface area contributed by atoms with Crippen molar-refractivity contribution in [2.75, 3.05) is 37.7 Å². The van der Waals surface area contributed by atoms with E-state index in [1.165, 1.54) is 0 Å². The van der Waals surface area contributed by atoms with E-state index in [-0.39, 0.29) is 12.6 Å². The molecule has 1 aliphatic heterocycles. The Balaban J connectivity index is 1.54. The molecule has 0 amide bonds. The van der Waals surface area contributed by atoms with Gasteiger partial charge in [0.15, 0.2) is 0 Å². The van der Waals surface area contributed by atoms with Crippen LogP contribution in [0.4, 0.5) is 5.69 Å². The Morgan fingerprint density at radius 3 is 2.39 bits per heavy atom. The third kappa shape index (κ3) is 6.50. The van der Waals surface area contributed by atoms with Gasteiger partial charge in [-0.05, 0) is 54.4 Å². The number of nitriles is 1. The van der Waals surface area contributed by atoms with Gasteiger partial charge in [0.1, 0.15) is 12.4 Å². The molecule has 0 spiro atoms. The van der Waals surface area contributed by atoms with Crippen molar-refractivity contribution in [2.24, 2.45) is 0 Å². The molecule has 8 heteroatoms. The first-order chi connectivity index (χ1) is 17.3. The predicted molar refractivity (Wildman–Crippen MR) is 143 cm³/mol. The van der Waals surface area contributed by atoms with Crippen molar-refractivity contribution < 1.29 is 14.9 Å². The maximum absolute atomic E-state index is 10.9. The molecular weight excluding hydrogens is 497 g/mol. The van der Waals surface area contributed by atoms with Gasteiger partial charge in [-0.15, -0.1) is 0 Å². The van der Waals surface area contributed by atoms with Crippen molar-refractivity contribution in [1.29, 1.82) is 5.26 Å². The fourth-order valence-electron chi connectivity index (χ4n) is 4.42. The number of β-amino-alcohol motifs (C(OH)–C–C–N with tert-alkyl or cyclic N) is 1. The van der Waals surface area contributed by atoms with E-state index < -0.39 is 12.2 Å². The van der Waals surface area contributed by atoms with Crippen LogP contribution in [-0.2, 0) is 0 Å². The van der Waals surface area contributed by atoms with Crippen molar-refractivity contribution >= 4 is 28.9 Å². The predicted octanol–water partition coefficient (Wildman–Crippen LogP) is 5.22. The molecule has 1 unspecified atom stereocenters. The Bertz CT molecular complexity index is 1200. The van der Waals surface area contributed by atoms with Crippen molar-refractivity contribution in [3.8, 4) is 11.8 Å². The van der Waals surface area contributed by atoms with E-state index in [2.05, 4.69) is 15.9 Å². The molecule has 0 radical (unpaired) electrons. The normalized spacial score (nSPS) is 17.9. The molecule has 1 aliphatic rings. The van der Waals surface area contributed by atoms with Crippen LogP contribution < -0.4 is 9.64 Å². The maximum Gasteiger partial charge on any atom is 0.121 e. The summed E-state index contributed by atoms with van der Waals surface area (Å²) < 4.78 is 5.61. The van der Waals surface area contributed by atoms with Crippen molar-refractivity contribution in [3.05, 3.63) is 93.5 Å². The van der Waals surface area contributed by atoms with Gasteiger partial charge in [-0.2, -0.15) is 5.26 Å². The minimum atomic E-state index is -0.663. The number of piperazine rings is 1. The van der Waals surface area contributed by atoms with Gasteiger partial charge in [0, 0.05) is 37.3 Å². The zero-order chi connectivity index (χ0) is 25.7. The standard InChI is InChI=1S/C28H29Cl2N3O3/c1-19(34)18-36-24-10-11-26(25(30)14-24)33-13-12-32(16-27(33)21-6-8-23(29)9-7-21)17-28(35)22-4-2-20(15-31)3-5-22/h2-11,14,19,27-28,34-35H,12-13,16-18H2,1H3/t19?,27-,28+/m0/s1. The van der Waals surface area contributed by atoms with Crippen molar-refractivity contribution in [1.82, 2.24) is 4.90 Å². The summed E-state index contributed by atoms with van der Waals surface area (Å²) in [5, 5.41) is 30.6. The number of ether oxygens (including phenoxy) is 1. The number of hydrogen-bond acceptors (Lipinski definition) is 6. The van der Waals surface area contributed by atoms with E-state index in [1.807, 2.05) is 36.4 Å². The Labute approximate surface area is 221 Å². The molecule has 0 saturated carbocycles. The summed E-state index contributed by atoms with van der Waals surface area (Å²) >= 11 is 12.9. The molecular formula is C28H29Cl2N3O3. The van der Waals surface area contributed by atoms with E-state index in [0.29, 0.717) is 41.0 Å². The lowest BCUT2D eigenvalue weighted by Gasteiger charge is -2.44. The first-order valence-electron chi connectivity index (χ1n) is 11.9. The Kier molecular flexibility index (Phi) is 8.73. The summed E-state index contributed by atoms with van der Waals surface area (Å²) in [6, 6.07) is 22.6. The molecule has 0 bridgehead atoms. The molecule has 1 saturated heterocycles. The summed E-state index contributed by atoms with van der Waals surface area (Å²) in [7, 11) is 0. The van der Waals surface area contributed by atoms with Crippen LogP contribution in [0.25, 0.3) is 0 Å². The lowest BCUT2D eigenvalue weighted by atomic mass is 10.00. The molecule has 1 heterocycles. The lowest BCUT2D eigenvalue weighted by Crippen LogP contribution is -2.49. The van der Waals surface area contributed by atoms with Crippen LogP contribution in [0.3, 0.4) is 0 Å². The number of aliphatic hydroxyl groups excluding tert-OH is 2. The van der Waals surface area contributed by atoms with E-state index in [0.717, 1.165) is 23.4 Å². The molecule has 36 heavy (non-hydrogen) atoms. The maximum atomic E-state index is 10.9. The Hall–Kier alpha value is -2.79. The van der Waals surface area contributed by atoms with Crippen LogP contribution >= 0.6 is 23.2 Å². The van der Waals surface area contributed by atoms with Gasteiger partial charge in [-0.25, -0.2) is 0 Å². The van der Waals surface area contributed by atoms with Gasteiger partial charge >= 0.3 is 0 Å². The molecule has 0 aliphatic carbocycles. The molecule has 0 aromatic heterocycles. The Morgan fingerprint density at radius 1 is 1.03 bits per heavy atom. The van der Waals surface area contributed by atoms with Crippen molar-refractivity contribution in [3.63, 3.8) is 0 Å². The number of hydrogen-bond donors (Lipinski definition) is 2. The molecule has 4 rings (SSSR count). The smallest absolute Gasteiger partial charge is 0.121 e. The molecule has 6 nitrogen and oxygen atoms in total. The number of rotatable bonds is 8. The average molecular weight is 526 g/mol. The molecule has 3 aromatic carbocycles. The molecule has 2 N–H and O–H groups in total. The monoisotopic (exact) mass is 525 g/mol. The highest BCUT2D eigenvalue weighted by Crippen LogP contribution is 2.37. The highest BCUT2D eigenvalue weighted by atomic mass is 35.5. The summed E-state index contributed by atoms with van der Waals surface area (Å²) in [6.07, 6.45) is -1.23. The lowest BCUT2D eigenvalue weighted by molar-refractivity contribution is 0.100. The minimum absolute atomic E-state index is 0.00841. The van der Waals surface area contributed by atoms with Crippen LogP contribution in [0.2, 0.25) is 10.0 Å². The van der Waals surface area contributed by atoms with Crippen LogP contribution in [0, 0.1) is 11.3 Å². The van der Waals surface area contributed by atoms with Gasteiger partial charge in [0.25, 0.3) is 0 Å². The zero-order valence-corrected chi connectivity index (χ0v) is 21.5. The van der Waals surface area contributed by atoms with Crippen LogP contribution in [0.15, 0.2) is 66.7 Å². The van der Waals surface area contributed by atoms with Gasteiger partial charge in [-0.1, -0.05) is 47.5 Å². The van der Waals surface area contributed by atoms with E-state index in [9.17, 15) is 10.2 Å². The fraction of sp³-hybridized carbons (Fsp3) is 0.321. The molecule has 188 valence electrons. The summed E-state index contributed by atoms with van der Waals surface area (Å²) in [5.74, 6) is 0.608. The number of benzene rings is 3. The second kappa shape index (κ2) is 12.0. The second-order valence-corrected chi connectivity index (χ2v) is 9.89. The first-order valence-corrected chi connectivity index (χ1v) is 12.6. The number of anilines is 1. The quantitative estimate of drug-likeness (QED) is 0.419. The topological polar surface area (TPSA) is 80.0 Å². The van der Waals surface area contributed by atoms with Crippen molar-refractivity contribution in [2.45, 2.75) is 25.2 Å². The minimum Gasteiger partial charge on any atom is -0.491 e. The van der Waals surface area contributed by atoms with Gasteiger partial charge in [0.05, 0.1) is 40.6 Å². The highest BCUT2D eigenvalue weighted by Gasteiger charge is 2.31. The summed E-state index contributed by atoms with van der Waals surface area (Å²) in [5.41, 5.74) is 3.35. The van der Waals surface area contributed by atoms with E-state index >= 15 is 0 Å². The fourth-order valence-corrected chi connectivity index (χ4v) is 4.83. The van der Waals surface area contributed by atoms with Crippen LogP contribution in [0.1, 0.15) is 35.8 Å². The summed E-state index contributed by atoms with van der Waals surface area (Å²) in [4.78, 5) is 4.52. The Morgan fingerprint density at radius 2 is 1.75 bits per heavy atom. The number of nitrogens with zero attached hydrogens (tertiary/aromatic N) is 3. The first kappa shape index (κ1) is 26.3.